The molecular formula is C29H39BrN4O3. The van der Waals surface area contributed by atoms with E-state index in [2.05, 4.69) is 92.7 Å². The van der Waals surface area contributed by atoms with Crippen LogP contribution >= 0.6 is 15.9 Å². The molecule has 0 saturated carbocycles. The van der Waals surface area contributed by atoms with Crippen molar-refractivity contribution in [1.82, 2.24) is 19.7 Å². The van der Waals surface area contributed by atoms with E-state index in [-0.39, 0.29) is 11.9 Å². The van der Waals surface area contributed by atoms with E-state index in [9.17, 15) is 9.59 Å². The normalized spacial score (nSPS) is 14.8. The van der Waals surface area contributed by atoms with Gasteiger partial charge in [-0.25, -0.2) is 0 Å². The van der Waals surface area contributed by atoms with Crippen molar-refractivity contribution in [3.8, 4) is 0 Å². The van der Waals surface area contributed by atoms with Gasteiger partial charge in [-0.15, -0.1) is 0 Å². The third kappa shape index (κ3) is 7.66. The van der Waals surface area contributed by atoms with E-state index >= 15 is 0 Å². The van der Waals surface area contributed by atoms with Gasteiger partial charge >= 0.3 is 0 Å². The van der Waals surface area contributed by atoms with Crippen LogP contribution in [0.25, 0.3) is 10.9 Å². The Balaban J connectivity index is 0.000000695. The summed E-state index contributed by atoms with van der Waals surface area (Å²) in [4.78, 5) is 32.6. The number of carbonyl (C=O) groups is 2. The predicted octanol–water partition coefficient (Wildman–Crippen LogP) is 5.32. The van der Waals surface area contributed by atoms with Crippen LogP contribution in [0.3, 0.4) is 0 Å². The minimum absolute atomic E-state index is 0.110. The molecule has 1 fully saturated rings. The summed E-state index contributed by atoms with van der Waals surface area (Å²) in [5.74, 6) is 0.140. The Morgan fingerprint density at radius 3 is 2.35 bits per heavy atom. The molecule has 2 heterocycles. The number of halogens is 1. The highest BCUT2D eigenvalue weighted by atomic mass is 79.9. The molecule has 1 unspecified atom stereocenters. The summed E-state index contributed by atoms with van der Waals surface area (Å²) in [6.45, 7) is 12.6. The molecule has 0 aliphatic carbocycles. The molecule has 1 atom stereocenters. The van der Waals surface area contributed by atoms with Gasteiger partial charge in [0.25, 0.3) is 12.4 Å². The molecular weight excluding hydrogens is 532 g/mol. The predicted molar refractivity (Wildman–Crippen MR) is 153 cm³/mol. The van der Waals surface area contributed by atoms with Gasteiger partial charge in [-0.3, -0.25) is 14.5 Å². The lowest BCUT2D eigenvalue weighted by molar-refractivity contribution is -0.128. The number of nitrogens with one attached hydrogen (secondary N) is 1. The largest absolute Gasteiger partial charge is 0.468 e. The summed E-state index contributed by atoms with van der Waals surface area (Å²) in [6, 6.07) is 16.9. The number of benzene rings is 2. The molecule has 0 radical (unpaired) electrons. The van der Waals surface area contributed by atoms with Gasteiger partial charge in [-0.2, -0.15) is 0 Å². The monoisotopic (exact) mass is 570 g/mol. The second-order valence-electron chi connectivity index (χ2n) is 9.24. The van der Waals surface area contributed by atoms with Gasteiger partial charge < -0.3 is 19.5 Å². The van der Waals surface area contributed by atoms with Crippen LogP contribution in [0.2, 0.25) is 0 Å². The third-order valence-corrected chi connectivity index (χ3v) is 7.22. The third-order valence-electron chi connectivity index (χ3n) is 6.73. The van der Waals surface area contributed by atoms with Crippen molar-refractivity contribution >= 4 is 39.2 Å². The zero-order valence-electron chi connectivity index (χ0n) is 22.4. The number of hydrogen-bond donors (Lipinski definition) is 1. The van der Waals surface area contributed by atoms with Gasteiger partial charge in [0.05, 0.1) is 12.6 Å². The molecule has 1 N–H and O–H groups in total. The molecule has 200 valence electrons. The first-order valence-electron chi connectivity index (χ1n) is 13.1. The van der Waals surface area contributed by atoms with E-state index in [4.69, 9.17) is 0 Å². The maximum atomic E-state index is 13.0. The first kappa shape index (κ1) is 28.9. The van der Waals surface area contributed by atoms with Crippen molar-refractivity contribution < 1.29 is 14.3 Å². The highest BCUT2D eigenvalue weighted by Gasteiger charge is 2.24. The second kappa shape index (κ2) is 14.3. The van der Waals surface area contributed by atoms with E-state index in [0.717, 1.165) is 61.2 Å². The zero-order chi connectivity index (χ0) is 26.8. The lowest BCUT2D eigenvalue weighted by Gasteiger charge is -2.34. The van der Waals surface area contributed by atoms with E-state index in [1.165, 1.54) is 16.6 Å². The molecule has 7 nitrogen and oxygen atoms in total. The van der Waals surface area contributed by atoms with Crippen molar-refractivity contribution in [2.45, 2.75) is 33.2 Å². The van der Waals surface area contributed by atoms with Crippen molar-refractivity contribution in [3.63, 3.8) is 0 Å². The molecule has 3 aromatic rings. The number of hydrogen-bond acceptors (Lipinski definition) is 5. The summed E-state index contributed by atoms with van der Waals surface area (Å²) >= 11 is 3.58. The fraction of sp³-hybridized carbons (Fsp3) is 0.448. The Bertz CT molecular complexity index is 1140. The number of piperazine rings is 1. The molecule has 1 amide bonds. The van der Waals surface area contributed by atoms with Crippen LogP contribution in [0.5, 0.6) is 0 Å². The maximum Gasteiger partial charge on any atom is 0.293 e. The molecule has 1 aliphatic heterocycles. The topological polar surface area (TPSA) is 68.9 Å². The SMILES string of the molecule is CCCN(C)C(c1ccc(C(=O)N2CCN(CC)CC2)cc1)c1cc2cc(Br)ccc2[nH]1.CCOC=O. The minimum atomic E-state index is 0.110. The molecule has 8 heteroatoms. The number of rotatable bonds is 9. The van der Waals surface area contributed by atoms with Crippen molar-refractivity contribution in [1.29, 1.82) is 0 Å². The summed E-state index contributed by atoms with van der Waals surface area (Å²) in [5.41, 5.74) is 4.27. The number of amides is 1. The quantitative estimate of drug-likeness (QED) is 0.353. The van der Waals surface area contributed by atoms with Crippen molar-refractivity contribution in [2.75, 3.05) is 52.9 Å². The van der Waals surface area contributed by atoms with Crippen LogP contribution in [0.1, 0.15) is 54.8 Å². The Kier molecular flexibility index (Phi) is 11.2. The van der Waals surface area contributed by atoms with E-state index in [1.807, 2.05) is 17.0 Å². The smallest absolute Gasteiger partial charge is 0.293 e. The van der Waals surface area contributed by atoms with Gasteiger partial charge in [0.2, 0.25) is 0 Å². The molecule has 37 heavy (non-hydrogen) atoms. The van der Waals surface area contributed by atoms with Gasteiger partial charge in [0.1, 0.15) is 0 Å². The van der Waals surface area contributed by atoms with Crippen LogP contribution in [-0.2, 0) is 9.53 Å². The Hall–Kier alpha value is -2.68. The summed E-state index contributed by atoms with van der Waals surface area (Å²) < 4.78 is 5.23. The lowest BCUT2D eigenvalue weighted by Crippen LogP contribution is -2.48. The first-order valence-corrected chi connectivity index (χ1v) is 13.9. The van der Waals surface area contributed by atoms with Crippen LogP contribution in [0, 0.1) is 0 Å². The number of H-pyrrole nitrogens is 1. The second-order valence-corrected chi connectivity index (χ2v) is 10.2. The van der Waals surface area contributed by atoms with Crippen LogP contribution in [-0.4, -0.2) is 85.0 Å². The maximum absolute atomic E-state index is 13.0. The van der Waals surface area contributed by atoms with Crippen LogP contribution in [0.15, 0.2) is 53.0 Å². The molecule has 2 aromatic carbocycles. The van der Waals surface area contributed by atoms with Crippen LogP contribution < -0.4 is 0 Å². The number of carbonyl (C=O) groups excluding carboxylic acids is 2. The summed E-state index contributed by atoms with van der Waals surface area (Å²) in [7, 11) is 2.17. The molecule has 0 spiro atoms. The molecule has 0 bridgehead atoms. The number of fused-ring (bicyclic) bond motifs is 1. The molecule has 4 rings (SSSR count). The van der Waals surface area contributed by atoms with E-state index in [1.54, 1.807) is 6.92 Å². The standard InChI is InChI=1S/C26H33BrN4O.C3H6O2/c1-4-12-29(3)25(24-18-21-17-22(27)10-11-23(21)28-24)19-6-8-20(9-7-19)26(32)31-15-13-30(5-2)14-16-31;1-2-5-3-4/h6-11,17-18,25,28H,4-5,12-16H2,1-3H3;3H,2H2,1H3. The zero-order valence-corrected chi connectivity index (χ0v) is 24.0. The fourth-order valence-corrected chi connectivity index (χ4v) is 5.13. The average Bonchev–Trinajstić information content (AvgIpc) is 3.32. The van der Waals surface area contributed by atoms with Crippen LogP contribution in [0.4, 0.5) is 0 Å². The molecule has 1 aromatic heterocycles. The summed E-state index contributed by atoms with van der Waals surface area (Å²) in [6.07, 6.45) is 1.08. The Labute approximate surface area is 228 Å². The van der Waals surface area contributed by atoms with Gasteiger partial charge in [-0.1, -0.05) is 41.9 Å². The van der Waals surface area contributed by atoms with E-state index < -0.39 is 0 Å². The number of aromatic nitrogens is 1. The molecule has 1 saturated heterocycles. The minimum Gasteiger partial charge on any atom is -0.468 e. The average molecular weight is 572 g/mol. The highest BCUT2D eigenvalue weighted by Crippen LogP contribution is 2.31. The number of aromatic amines is 1. The van der Waals surface area contributed by atoms with Crippen molar-refractivity contribution in [3.05, 3.63) is 69.8 Å². The lowest BCUT2D eigenvalue weighted by atomic mass is 10.00. The highest BCUT2D eigenvalue weighted by molar-refractivity contribution is 9.10. The Morgan fingerprint density at radius 2 is 1.78 bits per heavy atom. The van der Waals surface area contributed by atoms with Gasteiger partial charge in [0, 0.05) is 52.8 Å². The summed E-state index contributed by atoms with van der Waals surface area (Å²) in [5, 5.41) is 1.20. The van der Waals surface area contributed by atoms with Gasteiger partial charge in [-0.05, 0) is 75.4 Å². The Morgan fingerprint density at radius 1 is 1.08 bits per heavy atom. The fourth-order valence-electron chi connectivity index (χ4n) is 4.75. The molecule has 1 aliphatic rings. The number of nitrogens with zero attached hydrogens (tertiary/aromatic N) is 3. The number of ether oxygens (including phenoxy) is 1. The van der Waals surface area contributed by atoms with Gasteiger partial charge in [0.15, 0.2) is 0 Å². The number of likely N-dealkylation sites (N-methyl/N-ethyl adjacent to an activating group) is 1. The first-order chi connectivity index (χ1) is 17.9. The van der Waals surface area contributed by atoms with Crippen molar-refractivity contribution in [2.24, 2.45) is 0 Å². The van der Waals surface area contributed by atoms with E-state index in [0.29, 0.717) is 13.1 Å².